The second-order valence-electron chi connectivity index (χ2n) is 6.71. The number of carbonyl (C=O) groups excluding carboxylic acids is 1. The summed E-state index contributed by atoms with van der Waals surface area (Å²) in [6.07, 6.45) is 0. The van der Waals surface area contributed by atoms with Gasteiger partial charge in [-0.2, -0.15) is 0 Å². The molecule has 0 unspecified atom stereocenters. The molecule has 0 saturated heterocycles. The fourth-order valence-electron chi connectivity index (χ4n) is 3.17. The molecule has 0 aliphatic carbocycles. The summed E-state index contributed by atoms with van der Waals surface area (Å²) in [5.74, 6) is 0.339. The molecule has 0 bridgehead atoms. The van der Waals surface area contributed by atoms with E-state index >= 15 is 0 Å². The number of para-hydroxylation sites is 1. The molecule has 0 aliphatic heterocycles. The number of fused-ring (bicyclic) bond motifs is 2. The first-order chi connectivity index (χ1) is 14.7. The standard InChI is InChI=1S/C24H15NO4S/c26-20(15-6-2-1-3-7-15)14-28-17-11-10-16-12-18(24(27)29-21(16)13-17)23-25-19-8-4-5-9-22(19)30-23/h1-13H,14H2. The van der Waals surface area contributed by atoms with Crippen molar-refractivity contribution in [2.24, 2.45) is 0 Å². The average molecular weight is 413 g/mol. The van der Waals surface area contributed by atoms with Crippen LogP contribution in [0.15, 0.2) is 88.1 Å². The van der Waals surface area contributed by atoms with Crippen LogP contribution < -0.4 is 10.4 Å². The molecule has 5 rings (SSSR count). The number of thiazole rings is 1. The molecule has 2 heterocycles. The van der Waals surface area contributed by atoms with Gasteiger partial charge in [-0.15, -0.1) is 11.3 Å². The molecule has 0 spiro atoms. The van der Waals surface area contributed by atoms with E-state index in [2.05, 4.69) is 4.98 Å². The molecule has 0 fully saturated rings. The highest BCUT2D eigenvalue weighted by molar-refractivity contribution is 7.21. The fraction of sp³-hybridized carbons (Fsp3) is 0.0417. The van der Waals surface area contributed by atoms with Crippen molar-refractivity contribution >= 4 is 38.3 Å². The molecule has 0 aliphatic rings. The predicted octanol–water partition coefficient (Wildman–Crippen LogP) is 5.33. The lowest BCUT2D eigenvalue weighted by Gasteiger charge is -2.07. The van der Waals surface area contributed by atoms with Crippen LogP contribution in [0.3, 0.4) is 0 Å². The number of ketones is 1. The van der Waals surface area contributed by atoms with Gasteiger partial charge in [-0.25, -0.2) is 9.78 Å². The van der Waals surface area contributed by atoms with Crippen molar-refractivity contribution in [3.05, 3.63) is 94.8 Å². The van der Waals surface area contributed by atoms with E-state index in [0.717, 1.165) is 15.6 Å². The van der Waals surface area contributed by atoms with Gasteiger partial charge in [-0.05, 0) is 30.3 Å². The maximum absolute atomic E-state index is 12.6. The molecular weight excluding hydrogens is 398 g/mol. The van der Waals surface area contributed by atoms with Gasteiger partial charge in [0.15, 0.2) is 12.4 Å². The van der Waals surface area contributed by atoms with Gasteiger partial charge >= 0.3 is 5.63 Å². The van der Waals surface area contributed by atoms with Gasteiger partial charge in [0, 0.05) is 17.0 Å². The summed E-state index contributed by atoms with van der Waals surface area (Å²) in [4.78, 5) is 29.3. The van der Waals surface area contributed by atoms with Crippen LogP contribution >= 0.6 is 11.3 Å². The SMILES string of the molecule is O=C(COc1ccc2cc(-c3nc4ccccc4s3)c(=O)oc2c1)c1ccccc1. The van der Waals surface area contributed by atoms with Crippen molar-refractivity contribution in [1.82, 2.24) is 4.98 Å². The summed E-state index contributed by atoms with van der Waals surface area (Å²) < 4.78 is 12.1. The monoisotopic (exact) mass is 413 g/mol. The number of aromatic nitrogens is 1. The van der Waals surface area contributed by atoms with E-state index < -0.39 is 5.63 Å². The lowest BCUT2D eigenvalue weighted by atomic mass is 10.1. The second-order valence-corrected chi connectivity index (χ2v) is 7.74. The van der Waals surface area contributed by atoms with Gasteiger partial charge in [-0.1, -0.05) is 42.5 Å². The van der Waals surface area contributed by atoms with Crippen molar-refractivity contribution in [1.29, 1.82) is 0 Å². The molecule has 0 amide bonds. The Labute approximate surface area is 175 Å². The Morgan fingerprint density at radius 1 is 0.967 bits per heavy atom. The van der Waals surface area contributed by atoms with Gasteiger partial charge in [0.05, 0.1) is 15.8 Å². The molecule has 3 aromatic carbocycles. The zero-order chi connectivity index (χ0) is 20.5. The van der Waals surface area contributed by atoms with Crippen LogP contribution in [-0.2, 0) is 0 Å². The first-order valence-corrected chi connectivity index (χ1v) is 10.1. The predicted molar refractivity (Wildman–Crippen MR) is 117 cm³/mol. The largest absolute Gasteiger partial charge is 0.485 e. The van der Waals surface area contributed by atoms with Gasteiger partial charge in [0.2, 0.25) is 0 Å². The summed E-state index contributed by atoms with van der Waals surface area (Å²) in [6, 6.07) is 23.7. The molecule has 2 aromatic heterocycles. The average Bonchev–Trinajstić information content (AvgIpc) is 3.21. The van der Waals surface area contributed by atoms with Gasteiger partial charge in [-0.3, -0.25) is 4.79 Å². The lowest BCUT2D eigenvalue weighted by molar-refractivity contribution is 0.0921. The van der Waals surface area contributed by atoms with Crippen LogP contribution in [0.1, 0.15) is 10.4 Å². The van der Waals surface area contributed by atoms with Crippen LogP contribution in [0.25, 0.3) is 31.8 Å². The summed E-state index contributed by atoms with van der Waals surface area (Å²) in [5, 5.41) is 1.38. The first-order valence-electron chi connectivity index (χ1n) is 9.32. The fourth-order valence-corrected chi connectivity index (χ4v) is 4.14. The maximum Gasteiger partial charge on any atom is 0.346 e. The van der Waals surface area contributed by atoms with Crippen molar-refractivity contribution in [2.45, 2.75) is 0 Å². The second kappa shape index (κ2) is 7.57. The van der Waals surface area contributed by atoms with E-state index in [1.54, 1.807) is 48.5 Å². The summed E-state index contributed by atoms with van der Waals surface area (Å²) >= 11 is 1.45. The Morgan fingerprint density at radius 3 is 2.60 bits per heavy atom. The summed E-state index contributed by atoms with van der Waals surface area (Å²) in [7, 11) is 0. The molecule has 6 heteroatoms. The maximum atomic E-state index is 12.6. The number of hydrogen-bond acceptors (Lipinski definition) is 6. The van der Waals surface area contributed by atoms with Gasteiger partial charge in [0.25, 0.3) is 0 Å². The third-order valence-electron chi connectivity index (χ3n) is 4.70. The van der Waals surface area contributed by atoms with E-state index in [-0.39, 0.29) is 12.4 Å². The van der Waals surface area contributed by atoms with Crippen LogP contribution in [0.4, 0.5) is 0 Å². The Morgan fingerprint density at radius 2 is 1.77 bits per heavy atom. The lowest BCUT2D eigenvalue weighted by Crippen LogP contribution is -2.11. The number of hydrogen-bond donors (Lipinski definition) is 0. The van der Waals surface area contributed by atoms with Crippen LogP contribution in [0, 0.1) is 0 Å². The van der Waals surface area contributed by atoms with E-state index in [4.69, 9.17) is 9.15 Å². The Hall–Kier alpha value is -3.77. The topological polar surface area (TPSA) is 69.4 Å². The number of carbonyl (C=O) groups is 1. The van der Waals surface area contributed by atoms with Crippen molar-refractivity contribution in [3.8, 4) is 16.3 Å². The van der Waals surface area contributed by atoms with Gasteiger partial charge < -0.3 is 9.15 Å². The number of Topliss-reactive ketones (excluding diaryl/α,β-unsaturated/α-hetero) is 1. The van der Waals surface area contributed by atoms with Crippen molar-refractivity contribution in [2.75, 3.05) is 6.61 Å². The third kappa shape index (κ3) is 3.49. The molecule has 0 N–H and O–H groups in total. The molecular formula is C24H15NO4S. The van der Waals surface area contributed by atoms with Gasteiger partial charge in [0.1, 0.15) is 16.3 Å². The number of rotatable bonds is 5. The van der Waals surface area contributed by atoms with Crippen LogP contribution in [0.5, 0.6) is 5.75 Å². The highest BCUT2D eigenvalue weighted by Crippen LogP contribution is 2.30. The van der Waals surface area contributed by atoms with Crippen LogP contribution in [-0.4, -0.2) is 17.4 Å². The zero-order valence-electron chi connectivity index (χ0n) is 15.7. The molecule has 30 heavy (non-hydrogen) atoms. The third-order valence-corrected chi connectivity index (χ3v) is 5.77. The van der Waals surface area contributed by atoms with Crippen molar-refractivity contribution in [3.63, 3.8) is 0 Å². The zero-order valence-corrected chi connectivity index (χ0v) is 16.5. The summed E-state index contributed by atoms with van der Waals surface area (Å²) in [6.45, 7) is -0.0937. The normalized spacial score (nSPS) is 11.1. The highest BCUT2D eigenvalue weighted by Gasteiger charge is 2.13. The molecule has 0 atom stereocenters. The Balaban J connectivity index is 1.42. The minimum atomic E-state index is -0.459. The minimum absolute atomic E-state index is 0.0937. The van der Waals surface area contributed by atoms with Crippen molar-refractivity contribution < 1.29 is 13.9 Å². The molecule has 5 aromatic rings. The van der Waals surface area contributed by atoms with E-state index in [0.29, 0.717) is 27.5 Å². The quantitative estimate of drug-likeness (QED) is 0.288. The Bertz CT molecular complexity index is 1400. The molecule has 0 radical (unpaired) electrons. The molecule has 0 saturated carbocycles. The number of nitrogens with zero attached hydrogens (tertiary/aromatic N) is 1. The molecule has 146 valence electrons. The minimum Gasteiger partial charge on any atom is -0.485 e. The molecule has 5 nitrogen and oxygen atoms in total. The smallest absolute Gasteiger partial charge is 0.346 e. The summed E-state index contributed by atoms with van der Waals surface area (Å²) in [5.41, 5.74) is 1.80. The van der Waals surface area contributed by atoms with E-state index in [9.17, 15) is 9.59 Å². The number of benzene rings is 3. The van der Waals surface area contributed by atoms with Crippen LogP contribution in [0.2, 0.25) is 0 Å². The van der Waals surface area contributed by atoms with E-state index in [1.807, 2.05) is 30.3 Å². The highest BCUT2D eigenvalue weighted by atomic mass is 32.1. The van der Waals surface area contributed by atoms with E-state index in [1.165, 1.54) is 11.3 Å². The first kappa shape index (κ1) is 18.3. The number of ether oxygens (including phenoxy) is 1. The Kier molecular flexibility index (Phi) is 4.61.